The predicted molar refractivity (Wildman–Crippen MR) is 55.6 cm³/mol. The monoisotopic (exact) mass is 207 g/mol. The summed E-state index contributed by atoms with van der Waals surface area (Å²) in [6.45, 7) is 1.37. The highest BCUT2D eigenvalue weighted by Gasteiger charge is 2.07. The molecule has 0 radical (unpaired) electrons. The number of carbonyl (C=O) groups is 1. The highest BCUT2D eigenvalue weighted by Crippen LogP contribution is 2.24. The molecule has 15 heavy (non-hydrogen) atoms. The van der Waals surface area contributed by atoms with Gasteiger partial charge in [-0.3, -0.25) is 9.78 Å². The van der Waals surface area contributed by atoms with Crippen molar-refractivity contribution in [1.29, 1.82) is 0 Å². The van der Waals surface area contributed by atoms with Crippen molar-refractivity contribution in [3.63, 3.8) is 0 Å². The molecule has 6 nitrogen and oxygen atoms in total. The molecule has 0 aliphatic rings. The Morgan fingerprint density at radius 2 is 2.27 bits per heavy atom. The lowest BCUT2D eigenvalue weighted by molar-refractivity contribution is -0.114. The van der Waals surface area contributed by atoms with Crippen LogP contribution in [0.5, 0.6) is 0 Å². The van der Waals surface area contributed by atoms with Crippen LogP contribution in [0, 0.1) is 0 Å². The van der Waals surface area contributed by atoms with Gasteiger partial charge in [0.25, 0.3) is 0 Å². The summed E-state index contributed by atoms with van der Waals surface area (Å²) in [7, 11) is 0. The van der Waals surface area contributed by atoms with Crippen molar-refractivity contribution >= 4 is 28.4 Å². The van der Waals surface area contributed by atoms with Crippen LogP contribution in [0.25, 0.3) is 11.1 Å². The van der Waals surface area contributed by atoms with Crippen LogP contribution >= 0.6 is 0 Å². The Bertz CT molecular complexity index is 582. The van der Waals surface area contributed by atoms with Gasteiger partial charge in [-0.15, -0.1) is 0 Å². The second kappa shape index (κ2) is 3.16. The number of nitrogen functional groups attached to an aromatic ring is 1. The number of aromatic nitrogens is 1. The third-order valence-electron chi connectivity index (χ3n) is 1.90. The van der Waals surface area contributed by atoms with Crippen LogP contribution in [0.2, 0.25) is 0 Å². The van der Waals surface area contributed by atoms with E-state index in [2.05, 4.69) is 10.3 Å². The average Bonchev–Trinajstić information content (AvgIpc) is 2.44. The maximum Gasteiger partial charge on any atom is 0.417 e. The summed E-state index contributed by atoms with van der Waals surface area (Å²) in [6.07, 6.45) is 0. The smallest absolute Gasteiger partial charge is 0.408 e. The third kappa shape index (κ3) is 1.69. The van der Waals surface area contributed by atoms with Gasteiger partial charge in [-0.25, -0.2) is 4.79 Å². The largest absolute Gasteiger partial charge is 0.417 e. The zero-order chi connectivity index (χ0) is 11.0. The van der Waals surface area contributed by atoms with Crippen molar-refractivity contribution in [1.82, 2.24) is 4.98 Å². The lowest BCUT2D eigenvalue weighted by Crippen LogP contribution is -2.07. The fourth-order valence-electron chi connectivity index (χ4n) is 1.31. The lowest BCUT2D eigenvalue weighted by Gasteiger charge is -2.04. The number of fused-ring (bicyclic) bond motifs is 1. The molecule has 1 amide bonds. The second-order valence-corrected chi connectivity index (χ2v) is 3.13. The Kier molecular flexibility index (Phi) is 1.96. The van der Waals surface area contributed by atoms with Crippen LogP contribution in [0.3, 0.4) is 0 Å². The number of amides is 1. The van der Waals surface area contributed by atoms with Gasteiger partial charge in [0.05, 0.1) is 16.9 Å². The first kappa shape index (κ1) is 9.32. The molecule has 6 heteroatoms. The van der Waals surface area contributed by atoms with Crippen LogP contribution in [0.4, 0.5) is 11.4 Å². The minimum absolute atomic E-state index is 0.237. The summed E-state index contributed by atoms with van der Waals surface area (Å²) in [5, 5.41) is 2.53. The zero-order valence-electron chi connectivity index (χ0n) is 7.96. The number of nitrogens with one attached hydrogen (secondary N) is 2. The Morgan fingerprint density at radius 1 is 1.53 bits per heavy atom. The van der Waals surface area contributed by atoms with Crippen molar-refractivity contribution in [2.24, 2.45) is 0 Å². The van der Waals surface area contributed by atoms with E-state index in [-0.39, 0.29) is 5.91 Å². The number of hydrogen-bond donors (Lipinski definition) is 3. The number of benzene rings is 1. The molecule has 1 heterocycles. The number of nitrogens with two attached hydrogens (primary N) is 1. The van der Waals surface area contributed by atoms with E-state index in [0.717, 1.165) is 0 Å². The minimum Gasteiger partial charge on any atom is -0.408 e. The number of rotatable bonds is 1. The second-order valence-electron chi connectivity index (χ2n) is 3.13. The van der Waals surface area contributed by atoms with Crippen LogP contribution < -0.4 is 16.8 Å². The first-order valence-corrected chi connectivity index (χ1v) is 4.26. The SMILES string of the molecule is CC(=O)Nc1cc2oc(=O)[nH]c2cc1N. The standard InChI is InChI=1S/C9H9N3O3/c1-4(13)11-6-3-8-7(2-5(6)10)12-9(14)15-8/h2-3H,10H2,1H3,(H,11,13)(H,12,14). The molecule has 2 aromatic rings. The summed E-state index contributed by atoms with van der Waals surface area (Å²) < 4.78 is 4.83. The summed E-state index contributed by atoms with van der Waals surface area (Å²) in [4.78, 5) is 24.2. The van der Waals surface area contributed by atoms with E-state index in [1.807, 2.05) is 0 Å². The number of aromatic amines is 1. The highest BCUT2D eigenvalue weighted by atomic mass is 16.4. The van der Waals surface area contributed by atoms with E-state index >= 15 is 0 Å². The van der Waals surface area contributed by atoms with E-state index in [0.29, 0.717) is 22.5 Å². The molecule has 0 saturated heterocycles. The van der Waals surface area contributed by atoms with Crippen molar-refractivity contribution in [3.8, 4) is 0 Å². The van der Waals surface area contributed by atoms with Crippen molar-refractivity contribution in [2.45, 2.75) is 6.92 Å². The molecular formula is C9H9N3O3. The topological polar surface area (TPSA) is 101 Å². The van der Waals surface area contributed by atoms with Crippen LogP contribution in [0.1, 0.15) is 6.92 Å². The highest BCUT2D eigenvalue weighted by molar-refractivity contribution is 5.95. The van der Waals surface area contributed by atoms with Gasteiger partial charge in [0, 0.05) is 13.0 Å². The number of hydrogen-bond acceptors (Lipinski definition) is 4. The lowest BCUT2D eigenvalue weighted by atomic mass is 10.2. The van der Waals surface area contributed by atoms with Gasteiger partial charge in [0.2, 0.25) is 5.91 Å². The first-order valence-electron chi connectivity index (χ1n) is 4.26. The summed E-state index contributed by atoms with van der Waals surface area (Å²) in [5.41, 5.74) is 7.33. The predicted octanol–water partition coefficient (Wildman–Crippen LogP) is 0.662. The molecule has 78 valence electrons. The molecule has 0 bridgehead atoms. The van der Waals surface area contributed by atoms with E-state index in [9.17, 15) is 9.59 Å². The molecule has 0 aliphatic heterocycles. The summed E-state index contributed by atoms with van der Waals surface area (Å²) in [5.74, 6) is -0.789. The fourth-order valence-corrected chi connectivity index (χ4v) is 1.31. The van der Waals surface area contributed by atoms with Gasteiger partial charge < -0.3 is 15.5 Å². The quantitative estimate of drug-likeness (QED) is 0.598. The summed E-state index contributed by atoms with van der Waals surface area (Å²) in [6, 6.07) is 3.04. The van der Waals surface area contributed by atoms with E-state index in [1.165, 1.54) is 19.1 Å². The molecule has 0 aliphatic carbocycles. The molecule has 0 saturated carbocycles. The van der Waals surface area contributed by atoms with Crippen molar-refractivity contribution in [2.75, 3.05) is 11.1 Å². The number of oxazole rings is 1. The normalized spacial score (nSPS) is 10.5. The fraction of sp³-hybridized carbons (Fsp3) is 0.111. The third-order valence-corrected chi connectivity index (χ3v) is 1.90. The number of anilines is 2. The zero-order valence-corrected chi connectivity index (χ0v) is 7.96. The van der Waals surface area contributed by atoms with Gasteiger partial charge in [-0.05, 0) is 6.07 Å². The van der Waals surface area contributed by atoms with Crippen LogP contribution in [-0.2, 0) is 4.79 Å². The van der Waals surface area contributed by atoms with E-state index in [1.54, 1.807) is 0 Å². The van der Waals surface area contributed by atoms with Crippen LogP contribution in [0.15, 0.2) is 21.3 Å². The molecule has 0 fully saturated rings. The van der Waals surface area contributed by atoms with Gasteiger partial charge in [-0.1, -0.05) is 0 Å². The molecule has 1 aromatic heterocycles. The summed E-state index contributed by atoms with van der Waals surface area (Å²) >= 11 is 0. The van der Waals surface area contributed by atoms with Gasteiger partial charge in [0.1, 0.15) is 0 Å². The molecular weight excluding hydrogens is 198 g/mol. The molecule has 2 rings (SSSR count). The maximum atomic E-state index is 10.9. The Labute approximate surface area is 84.1 Å². The minimum atomic E-state index is -0.552. The van der Waals surface area contributed by atoms with Crippen molar-refractivity contribution < 1.29 is 9.21 Å². The Morgan fingerprint density at radius 3 is 2.93 bits per heavy atom. The molecule has 0 unspecified atom stereocenters. The Balaban J connectivity index is 2.60. The number of carbonyl (C=O) groups excluding carboxylic acids is 1. The van der Waals surface area contributed by atoms with Gasteiger partial charge in [-0.2, -0.15) is 0 Å². The maximum absolute atomic E-state index is 10.9. The van der Waals surface area contributed by atoms with Gasteiger partial charge >= 0.3 is 5.76 Å². The molecule has 0 atom stereocenters. The van der Waals surface area contributed by atoms with E-state index < -0.39 is 5.76 Å². The molecule has 4 N–H and O–H groups in total. The van der Waals surface area contributed by atoms with Crippen LogP contribution in [-0.4, -0.2) is 10.9 Å². The average molecular weight is 207 g/mol. The van der Waals surface area contributed by atoms with E-state index in [4.69, 9.17) is 10.2 Å². The van der Waals surface area contributed by atoms with Gasteiger partial charge in [0.15, 0.2) is 5.58 Å². The molecule has 0 spiro atoms. The molecule has 1 aromatic carbocycles. The Hall–Kier alpha value is -2.24. The number of H-pyrrole nitrogens is 1. The first-order chi connectivity index (χ1) is 7.06. The van der Waals surface area contributed by atoms with Crippen molar-refractivity contribution in [3.05, 3.63) is 22.7 Å².